The quantitative estimate of drug-likeness (QED) is 0.350. The van der Waals surface area contributed by atoms with Crippen LogP contribution in [0.4, 0.5) is 0 Å². The Bertz CT molecular complexity index is 126. The lowest BCUT2D eigenvalue weighted by Crippen LogP contribution is -2.00. The minimum atomic E-state index is -2.42. The lowest BCUT2D eigenvalue weighted by molar-refractivity contribution is 0.271. The van der Waals surface area contributed by atoms with Crippen molar-refractivity contribution >= 4 is 15.2 Å². The first-order chi connectivity index (χ1) is 4.68. The van der Waals surface area contributed by atoms with Crippen LogP contribution in [-0.4, -0.2) is 20.8 Å². The standard InChI is InChI=1S/C6H11BO2P/c1-4-8-10(7,6-3)9-5-2/h3H,4-5H2,1-2H3/q+1. The lowest BCUT2D eigenvalue weighted by atomic mass is 10.8. The molecular weight excluding hydrogens is 146 g/mol. The van der Waals surface area contributed by atoms with Crippen molar-refractivity contribution in [1.82, 2.24) is 0 Å². The highest BCUT2D eigenvalue weighted by molar-refractivity contribution is 7.93. The first-order valence-corrected chi connectivity index (χ1v) is 4.82. The van der Waals surface area contributed by atoms with Crippen LogP contribution >= 0.6 is 7.59 Å². The molecule has 0 atom stereocenters. The maximum atomic E-state index is 5.55. The van der Waals surface area contributed by atoms with Crippen molar-refractivity contribution in [3.63, 3.8) is 0 Å². The summed E-state index contributed by atoms with van der Waals surface area (Å²) in [6, 6.07) is 0. The lowest BCUT2D eigenvalue weighted by Gasteiger charge is -2.11. The third kappa shape index (κ3) is 3.22. The average molecular weight is 157 g/mol. The second-order valence-corrected chi connectivity index (χ2v) is 3.53. The molecule has 54 valence electrons. The summed E-state index contributed by atoms with van der Waals surface area (Å²) in [7, 11) is 3.13. The van der Waals surface area contributed by atoms with Gasteiger partial charge in [0.2, 0.25) is 0 Å². The number of hydrogen-bond donors (Lipinski definition) is 0. The largest absolute Gasteiger partial charge is 0.463 e. The molecule has 0 saturated carbocycles. The third-order valence-corrected chi connectivity index (χ3v) is 2.47. The minimum absolute atomic E-state index is 0.495. The normalized spacial score (nSPS) is 10.9. The Balaban J connectivity index is 3.85. The summed E-state index contributed by atoms with van der Waals surface area (Å²) >= 11 is 0. The molecule has 4 heteroatoms. The van der Waals surface area contributed by atoms with Gasteiger partial charge < -0.3 is 0 Å². The molecule has 0 N–H and O–H groups in total. The Morgan fingerprint density at radius 1 is 1.40 bits per heavy atom. The van der Waals surface area contributed by atoms with E-state index in [1.54, 1.807) is 0 Å². The molecule has 0 aliphatic carbocycles. The summed E-state index contributed by atoms with van der Waals surface area (Å²) in [5.74, 6) is 0. The molecule has 0 bridgehead atoms. The summed E-state index contributed by atoms with van der Waals surface area (Å²) in [5.41, 5.74) is 2.32. The van der Waals surface area contributed by atoms with Crippen molar-refractivity contribution in [1.29, 1.82) is 0 Å². The molecule has 0 saturated heterocycles. The summed E-state index contributed by atoms with van der Waals surface area (Å²) in [4.78, 5) is 0. The van der Waals surface area contributed by atoms with Gasteiger partial charge in [-0.05, 0) is 13.8 Å². The zero-order chi connectivity index (χ0) is 8.04. The molecule has 0 aliphatic rings. The highest BCUT2D eigenvalue weighted by Gasteiger charge is 2.32. The molecule has 10 heavy (non-hydrogen) atoms. The van der Waals surface area contributed by atoms with Crippen LogP contribution in [-0.2, 0) is 9.05 Å². The van der Waals surface area contributed by atoms with Crippen LogP contribution in [0.1, 0.15) is 13.8 Å². The van der Waals surface area contributed by atoms with Crippen LogP contribution in [0.25, 0.3) is 0 Å². The van der Waals surface area contributed by atoms with E-state index in [1.165, 1.54) is 0 Å². The van der Waals surface area contributed by atoms with Gasteiger partial charge in [0.25, 0.3) is 7.59 Å². The molecule has 0 unspecified atom stereocenters. The molecule has 2 nitrogen and oxygen atoms in total. The van der Waals surface area contributed by atoms with E-state index >= 15 is 0 Å². The fraction of sp³-hybridized carbons (Fsp3) is 0.667. The molecule has 0 aromatic carbocycles. The predicted molar refractivity (Wildman–Crippen MR) is 44.8 cm³/mol. The van der Waals surface area contributed by atoms with E-state index in [1.807, 2.05) is 13.8 Å². The van der Waals surface area contributed by atoms with Gasteiger partial charge >= 0.3 is 7.57 Å². The second kappa shape index (κ2) is 4.74. The van der Waals surface area contributed by atoms with E-state index in [4.69, 9.17) is 23.0 Å². The second-order valence-electron chi connectivity index (χ2n) is 1.56. The van der Waals surface area contributed by atoms with Crippen molar-refractivity contribution in [2.45, 2.75) is 13.8 Å². The highest BCUT2D eigenvalue weighted by Crippen LogP contribution is 2.54. The van der Waals surface area contributed by atoms with E-state index in [0.29, 0.717) is 13.2 Å². The highest BCUT2D eigenvalue weighted by atomic mass is 31.2. The van der Waals surface area contributed by atoms with E-state index < -0.39 is 7.59 Å². The number of terminal acetylenes is 1. The smallest absolute Gasteiger partial charge is 0.213 e. The van der Waals surface area contributed by atoms with Crippen LogP contribution in [0.2, 0.25) is 0 Å². The molecule has 2 radical (unpaired) electrons. The topological polar surface area (TPSA) is 18.5 Å². The maximum Gasteiger partial charge on any atom is 0.463 e. The summed E-state index contributed by atoms with van der Waals surface area (Å²) in [6.07, 6.45) is 5.10. The number of hydrogen-bond acceptors (Lipinski definition) is 2. The van der Waals surface area contributed by atoms with Gasteiger partial charge in [-0.25, -0.2) is 9.05 Å². The summed E-state index contributed by atoms with van der Waals surface area (Å²) < 4.78 is 10.1. The van der Waals surface area contributed by atoms with Crippen LogP contribution in [0, 0.1) is 12.1 Å². The van der Waals surface area contributed by atoms with Crippen molar-refractivity contribution < 1.29 is 9.05 Å². The van der Waals surface area contributed by atoms with Crippen LogP contribution in [0.3, 0.4) is 0 Å². The van der Waals surface area contributed by atoms with E-state index in [2.05, 4.69) is 5.66 Å². The first kappa shape index (κ1) is 9.97. The monoisotopic (exact) mass is 157 g/mol. The van der Waals surface area contributed by atoms with Crippen molar-refractivity contribution in [3.8, 4) is 12.1 Å². The van der Waals surface area contributed by atoms with E-state index in [-0.39, 0.29) is 0 Å². The zero-order valence-electron chi connectivity index (χ0n) is 6.33. The van der Waals surface area contributed by atoms with Crippen molar-refractivity contribution in [2.24, 2.45) is 0 Å². The van der Waals surface area contributed by atoms with Gasteiger partial charge in [-0.2, -0.15) is 0 Å². The van der Waals surface area contributed by atoms with Crippen molar-refractivity contribution in [2.75, 3.05) is 13.2 Å². The molecule has 0 amide bonds. The van der Waals surface area contributed by atoms with Gasteiger partial charge in [0.15, 0.2) is 0 Å². The van der Waals surface area contributed by atoms with Gasteiger partial charge in [0.1, 0.15) is 5.66 Å². The van der Waals surface area contributed by atoms with Gasteiger partial charge in [0.05, 0.1) is 13.2 Å². The van der Waals surface area contributed by atoms with Gasteiger partial charge in [-0.15, -0.1) is 0 Å². The SMILES string of the molecule is [B][P+](C#C)(OCC)OCC. The Morgan fingerprint density at radius 2 is 1.80 bits per heavy atom. The van der Waals surface area contributed by atoms with Crippen LogP contribution < -0.4 is 0 Å². The molecule has 0 rings (SSSR count). The average Bonchev–Trinajstić information content (AvgIpc) is 1.89. The van der Waals surface area contributed by atoms with Gasteiger partial charge in [-0.1, -0.05) is 6.42 Å². The summed E-state index contributed by atoms with van der Waals surface area (Å²) in [5, 5.41) is 0. The minimum Gasteiger partial charge on any atom is -0.213 e. The van der Waals surface area contributed by atoms with Crippen LogP contribution in [0.15, 0.2) is 0 Å². The Hall–Kier alpha value is -0.0251. The summed E-state index contributed by atoms with van der Waals surface area (Å²) in [6.45, 7) is 4.65. The molecule has 0 aromatic rings. The van der Waals surface area contributed by atoms with Crippen molar-refractivity contribution in [3.05, 3.63) is 0 Å². The molecule has 0 aliphatic heterocycles. The Kier molecular flexibility index (Phi) is 4.73. The Labute approximate surface area is 64.2 Å². The van der Waals surface area contributed by atoms with Crippen LogP contribution in [0.5, 0.6) is 0 Å². The third-order valence-electron chi connectivity index (χ3n) is 0.822. The fourth-order valence-electron chi connectivity index (χ4n) is 0.495. The first-order valence-electron chi connectivity index (χ1n) is 3.13. The van der Waals surface area contributed by atoms with Gasteiger partial charge in [0, 0.05) is 0 Å². The number of rotatable bonds is 4. The maximum absolute atomic E-state index is 5.55. The Morgan fingerprint density at radius 3 is 2.00 bits per heavy atom. The van der Waals surface area contributed by atoms with Gasteiger partial charge in [-0.3, -0.25) is 0 Å². The molecule has 0 fully saturated rings. The fourth-order valence-corrected chi connectivity index (χ4v) is 1.49. The zero-order valence-corrected chi connectivity index (χ0v) is 7.23. The van der Waals surface area contributed by atoms with E-state index in [9.17, 15) is 0 Å². The van der Waals surface area contributed by atoms with E-state index in [0.717, 1.165) is 0 Å². The molecule has 0 aromatic heterocycles. The predicted octanol–water partition coefficient (Wildman–Crippen LogP) is 1.58. The molecule has 0 heterocycles. The molecular formula is C6H11BO2P+. The molecule has 0 spiro atoms.